The molecule has 0 atom stereocenters. The van der Waals surface area contributed by atoms with Gasteiger partial charge in [0, 0.05) is 0 Å². The Morgan fingerprint density at radius 2 is 2.12 bits per heavy atom. The van der Waals surface area contributed by atoms with Gasteiger partial charge in [-0.1, -0.05) is 0 Å². The third-order valence-corrected chi connectivity index (χ3v) is 1.29. The molecule has 0 aliphatic carbocycles. The molecule has 47 valence electrons. The normalized spacial score (nSPS) is 10.0. The summed E-state index contributed by atoms with van der Waals surface area (Å²) in [6.45, 7) is 5.84. The molecular formula is C5H11O2Si. The van der Waals surface area contributed by atoms with Crippen LogP contribution in [0.15, 0.2) is 0 Å². The molecule has 0 heterocycles. The highest BCUT2D eigenvalue weighted by Gasteiger charge is 1.97. The molecular weight excluding hydrogens is 120 g/mol. The number of hydrogen-bond acceptors (Lipinski definition) is 2. The second-order valence-electron chi connectivity index (χ2n) is 1.90. The Bertz CT molecular complexity index is 80.5. The zero-order chi connectivity index (χ0) is 6.57. The number of Topliss-reactive ketones (excluding diaryl/α,β-unsaturated/α-hetero) is 1. The van der Waals surface area contributed by atoms with Crippen LogP contribution in [0.1, 0.15) is 6.92 Å². The predicted octanol–water partition coefficient (Wildman–Crippen LogP) is 0.843. The molecule has 2 nitrogen and oxygen atoms in total. The molecule has 0 saturated carbocycles. The predicted molar refractivity (Wildman–Crippen MR) is 34.1 cm³/mol. The SMILES string of the molecule is CC(=O)CO[Si](C)C. The smallest absolute Gasteiger partial charge is 0.205 e. The molecule has 0 saturated heterocycles. The van der Waals surface area contributed by atoms with Gasteiger partial charge < -0.3 is 4.43 Å². The molecule has 0 amide bonds. The fraction of sp³-hybridized carbons (Fsp3) is 0.800. The van der Waals surface area contributed by atoms with Gasteiger partial charge in [-0.15, -0.1) is 0 Å². The summed E-state index contributed by atoms with van der Waals surface area (Å²) in [6.07, 6.45) is 0. The van der Waals surface area contributed by atoms with E-state index in [1.807, 2.05) is 13.1 Å². The highest BCUT2D eigenvalue weighted by atomic mass is 28.3. The van der Waals surface area contributed by atoms with Crippen molar-refractivity contribution >= 4 is 14.8 Å². The van der Waals surface area contributed by atoms with Crippen molar-refractivity contribution in [1.29, 1.82) is 0 Å². The topological polar surface area (TPSA) is 26.3 Å². The fourth-order valence-corrected chi connectivity index (χ4v) is 0.738. The lowest BCUT2D eigenvalue weighted by Gasteiger charge is -2.00. The number of carbonyl (C=O) groups excluding carboxylic acids is 1. The van der Waals surface area contributed by atoms with Crippen molar-refractivity contribution in [3.8, 4) is 0 Å². The van der Waals surface area contributed by atoms with Crippen LogP contribution in [0.3, 0.4) is 0 Å². The molecule has 0 aromatic rings. The van der Waals surface area contributed by atoms with Gasteiger partial charge in [-0.05, 0) is 20.0 Å². The summed E-state index contributed by atoms with van der Waals surface area (Å²) >= 11 is 0. The summed E-state index contributed by atoms with van der Waals surface area (Å²) in [7, 11) is -0.651. The van der Waals surface area contributed by atoms with E-state index in [0.29, 0.717) is 6.61 Å². The lowest BCUT2D eigenvalue weighted by molar-refractivity contribution is -0.119. The maximum atomic E-state index is 10.2. The van der Waals surface area contributed by atoms with E-state index in [2.05, 4.69) is 0 Å². The zero-order valence-corrected chi connectivity index (χ0v) is 6.52. The number of carbonyl (C=O) groups is 1. The van der Waals surface area contributed by atoms with Crippen molar-refractivity contribution in [2.24, 2.45) is 0 Å². The van der Waals surface area contributed by atoms with Crippen molar-refractivity contribution in [1.82, 2.24) is 0 Å². The van der Waals surface area contributed by atoms with E-state index < -0.39 is 9.04 Å². The van der Waals surface area contributed by atoms with E-state index in [1.165, 1.54) is 6.92 Å². The van der Waals surface area contributed by atoms with Crippen LogP contribution in [0.5, 0.6) is 0 Å². The van der Waals surface area contributed by atoms with Crippen LogP contribution in [0, 0.1) is 0 Å². The van der Waals surface area contributed by atoms with Gasteiger partial charge in [0.1, 0.15) is 0 Å². The van der Waals surface area contributed by atoms with Gasteiger partial charge in [0.2, 0.25) is 9.04 Å². The number of ketones is 1. The van der Waals surface area contributed by atoms with Crippen molar-refractivity contribution in [2.75, 3.05) is 6.61 Å². The van der Waals surface area contributed by atoms with Crippen LogP contribution >= 0.6 is 0 Å². The molecule has 0 unspecified atom stereocenters. The van der Waals surface area contributed by atoms with E-state index in [1.54, 1.807) is 0 Å². The van der Waals surface area contributed by atoms with Gasteiger partial charge in [0.05, 0.1) is 6.61 Å². The number of hydrogen-bond donors (Lipinski definition) is 0. The Labute approximate surface area is 51.6 Å². The molecule has 0 rings (SSSR count). The summed E-state index contributed by atoms with van der Waals surface area (Å²) in [6, 6.07) is 0. The first-order chi connectivity index (χ1) is 3.63. The lowest BCUT2D eigenvalue weighted by Crippen LogP contribution is -2.13. The minimum absolute atomic E-state index is 0.108. The monoisotopic (exact) mass is 131 g/mol. The maximum absolute atomic E-state index is 10.2. The van der Waals surface area contributed by atoms with Gasteiger partial charge in [0.25, 0.3) is 0 Å². The Hall–Kier alpha value is -0.153. The standard InChI is InChI=1S/C5H11O2Si/c1-5(6)4-7-8(2)3/h4H2,1-3H3. The van der Waals surface area contributed by atoms with E-state index in [4.69, 9.17) is 4.43 Å². The van der Waals surface area contributed by atoms with Gasteiger partial charge in [-0.25, -0.2) is 0 Å². The van der Waals surface area contributed by atoms with Crippen LogP contribution in [-0.4, -0.2) is 21.4 Å². The molecule has 0 aliphatic rings. The first-order valence-electron chi connectivity index (χ1n) is 2.55. The first kappa shape index (κ1) is 7.85. The summed E-state index contributed by atoms with van der Waals surface area (Å²) < 4.78 is 5.06. The second kappa shape index (κ2) is 3.80. The quantitative estimate of drug-likeness (QED) is 0.531. The Morgan fingerprint density at radius 3 is 2.25 bits per heavy atom. The van der Waals surface area contributed by atoms with E-state index in [9.17, 15) is 4.79 Å². The van der Waals surface area contributed by atoms with Crippen LogP contribution in [0.4, 0.5) is 0 Å². The van der Waals surface area contributed by atoms with Gasteiger partial charge in [-0.2, -0.15) is 0 Å². The minimum atomic E-state index is -0.651. The summed E-state index contributed by atoms with van der Waals surface area (Å²) in [5, 5.41) is 0. The third kappa shape index (κ3) is 5.85. The average molecular weight is 131 g/mol. The largest absolute Gasteiger partial charge is 0.410 e. The molecule has 0 N–H and O–H groups in total. The summed E-state index contributed by atoms with van der Waals surface area (Å²) in [5.74, 6) is 0.108. The van der Waals surface area contributed by atoms with Crippen molar-refractivity contribution in [3.05, 3.63) is 0 Å². The number of rotatable bonds is 3. The van der Waals surface area contributed by atoms with Gasteiger partial charge in [-0.3, -0.25) is 4.79 Å². The van der Waals surface area contributed by atoms with Crippen LogP contribution in [0.25, 0.3) is 0 Å². The molecule has 3 heteroatoms. The molecule has 8 heavy (non-hydrogen) atoms. The Kier molecular flexibility index (Phi) is 3.73. The molecule has 0 fully saturated rings. The molecule has 0 aliphatic heterocycles. The van der Waals surface area contributed by atoms with Crippen LogP contribution < -0.4 is 0 Å². The summed E-state index contributed by atoms with van der Waals surface area (Å²) in [4.78, 5) is 10.2. The lowest BCUT2D eigenvalue weighted by atomic mass is 10.5. The van der Waals surface area contributed by atoms with Crippen molar-refractivity contribution in [3.63, 3.8) is 0 Å². The van der Waals surface area contributed by atoms with Crippen LogP contribution in [-0.2, 0) is 9.22 Å². The molecule has 1 radical (unpaired) electrons. The van der Waals surface area contributed by atoms with E-state index >= 15 is 0 Å². The highest BCUT2D eigenvalue weighted by Crippen LogP contribution is 1.82. The fourth-order valence-electron chi connectivity index (χ4n) is 0.246. The highest BCUT2D eigenvalue weighted by molar-refractivity contribution is 6.48. The minimum Gasteiger partial charge on any atom is -0.410 e. The maximum Gasteiger partial charge on any atom is 0.205 e. The van der Waals surface area contributed by atoms with Crippen molar-refractivity contribution < 1.29 is 9.22 Å². The van der Waals surface area contributed by atoms with Crippen LogP contribution in [0.2, 0.25) is 13.1 Å². The zero-order valence-electron chi connectivity index (χ0n) is 5.52. The third-order valence-electron chi connectivity index (χ3n) is 0.564. The van der Waals surface area contributed by atoms with E-state index in [0.717, 1.165) is 0 Å². The molecule has 0 aromatic carbocycles. The molecule has 0 aromatic heterocycles. The van der Waals surface area contributed by atoms with Crippen molar-refractivity contribution in [2.45, 2.75) is 20.0 Å². The first-order valence-corrected chi connectivity index (χ1v) is 4.96. The van der Waals surface area contributed by atoms with E-state index in [-0.39, 0.29) is 5.78 Å². The Balaban J connectivity index is 3.05. The molecule has 0 spiro atoms. The van der Waals surface area contributed by atoms with Gasteiger partial charge in [0.15, 0.2) is 5.78 Å². The Morgan fingerprint density at radius 1 is 1.62 bits per heavy atom. The molecule has 0 bridgehead atoms. The average Bonchev–Trinajstić information content (AvgIpc) is 1.61. The van der Waals surface area contributed by atoms with Gasteiger partial charge >= 0.3 is 0 Å². The summed E-state index contributed by atoms with van der Waals surface area (Å²) in [5.41, 5.74) is 0. The second-order valence-corrected chi connectivity index (χ2v) is 4.00.